The van der Waals surface area contributed by atoms with Gasteiger partial charge in [-0.15, -0.1) is 0 Å². The number of nitrogens with zero attached hydrogens (tertiary/aromatic N) is 3. The summed E-state index contributed by atoms with van der Waals surface area (Å²) in [6, 6.07) is 3.91. The summed E-state index contributed by atoms with van der Waals surface area (Å²) in [5.74, 6) is 0.568. The van der Waals surface area contributed by atoms with Crippen molar-refractivity contribution in [1.82, 2.24) is 14.8 Å². The van der Waals surface area contributed by atoms with Crippen LogP contribution in [0, 0.1) is 0 Å². The Bertz CT molecular complexity index is 714. The second-order valence-electron chi connectivity index (χ2n) is 4.69. The largest absolute Gasteiger partial charge is 0.438 e. The number of benzene rings is 1. The van der Waals surface area contributed by atoms with Crippen molar-refractivity contribution in [3.8, 4) is 0 Å². The van der Waals surface area contributed by atoms with Crippen LogP contribution >= 0.6 is 0 Å². The maximum Gasteiger partial charge on any atom is 0.221 e. The number of oxazole rings is 1. The van der Waals surface area contributed by atoms with Crippen LogP contribution < -0.4 is 5.73 Å². The fraction of sp³-hybridized carbons (Fsp3) is 0.385. The summed E-state index contributed by atoms with van der Waals surface area (Å²) in [4.78, 5) is 4.48. The number of nitrogens with two attached hydrogens (primary N) is 1. The number of hydrogen-bond donors (Lipinski definition) is 1. The van der Waals surface area contributed by atoms with E-state index in [0.717, 1.165) is 22.0 Å². The van der Waals surface area contributed by atoms with Crippen LogP contribution in [0.4, 0.5) is 0 Å². The van der Waals surface area contributed by atoms with Crippen molar-refractivity contribution in [2.24, 2.45) is 5.73 Å². The Hall–Kier alpha value is -1.92. The Morgan fingerprint density at radius 3 is 3.05 bits per heavy atom. The Labute approximate surface area is 110 Å². The average Bonchev–Trinajstić information content (AvgIpc) is 2.92. The van der Waals surface area contributed by atoms with Gasteiger partial charge in [0.25, 0.3) is 0 Å². The van der Waals surface area contributed by atoms with E-state index in [4.69, 9.17) is 14.9 Å². The molecule has 6 heteroatoms. The van der Waals surface area contributed by atoms with Gasteiger partial charge in [-0.1, -0.05) is 0 Å². The van der Waals surface area contributed by atoms with Crippen molar-refractivity contribution < 1.29 is 9.15 Å². The molecule has 0 saturated carbocycles. The van der Waals surface area contributed by atoms with Crippen molar-refractivity contribution >= 4 is 22.0 Å². The summed E-state index contributed by atoms with van der Waals surface area (Å²) >= 11 is 0. The minimum atomic E-state index is 0.0312. The molecule has 3 rings (SSSR count). The second-order valence-corrected chi connectivity index (χ2v) is 4.69. The van der Waals surface area contributed by atoms with Crippen LogP contribution in [0.1, 0.15) is 12.8 Å². The molecule has 100 valence electrons. The number of aromatic nitrogens is 3. The Morgan fingerprint density at radius 1 is 1.47 bits per heavy atom. The van der Waals surface area contributed by atoms with Gasteiger partial charge >= 0.3 is 0 Å². The van der Waals surface area contributed by atoms with Gasteiger partial charge in [-0.3, -0.25) is 4.68 Å². The van der Waals surface area contributed by atoms with Crippen molar-refractivity contribution in [3.63, 3.8) is 0 Å². The van der Waals surface area contributed by atoms with Gasteiger partial charge in [0.1, 0.15) is 12.1 Å². The molecule has 0 amide bonds. The lowest BCUT2D eigenvalue weighted by atomic mass is 10.2. The van der Waals surface area contributed by atoms with E-state index < -0.39 is 0 Å². The summed E-state index contributed by atoms with van der Waals surface area (Å²) < 4.78 is 12.6. The van der Waals surface area contributed by atoms with E-state index in [2.05, 4.69) is 10.1 Å². The molecule has 1 aromatic carbocycles. The molecule has 2 aromatic heterocycles. The first-order valence-corrected chi connectivity index (χ1v) is 6.17. The van der Waals surface area contributed by atoms with Crippen molar-refractivity contribution in [2.75, 3.05) is 7.11 Å². The fourth-order valence-corrected chi connectivity index (χ4v) is 2.20. The van der Waals surface area contributed by atoms with E-state index in [1.807, 2.05) is 29.9 Å². The summed E-state index contributed by atoms with van der Waals surface area (Å²) in [5, 5.41) is 5.40. The van der Waals surface area contributed by atoms with Crippen molar-refractivity contribution in [1.29, 1.82) is 0 Å². The maximum absolute atomic E-state index is 5.85. The lowest BCUT2D eigenvalue weighted by Crippen LogP contribution is -2.22. The quantitative estimate of drug-likeness (QED) is 0.772. The highest BCUT2D eigenvalue weighted by Crippen LogP contribution is 2.25. The molecule has 0 unspecified atom stereocenters. The molecular weight excluding hydrogens is 244 g/mol. The molecule has 0 spiro atoms. The number of methoxy groups -OCH3 is 1. The number of hydrogen-bond acceptors (Lipinski definition) is 5. The first kappa shape index (κ1) is 12.1. The zero-order valence-corrected chi connectivity index (χ0v) is 11.0. The lowest BCUT2D eigenvalue weighted by molar-refractivity contribution is 0.161. The summed E-state index contributed by atoms with van der Waals surface area (Å²) in [6.07, 6.45) is 1.82. The van der Waals surface area contributed by atoms with E-state index in [9.17, 15) is 0 Å². The van der Waals surface area contributed by atoms with E-state index in [0.29, 0.717) is 19.0 Å². The van der Waals surface area contributed by atoms with Crippen LogP contribution in [0.2, 0.25) is 0 Å². The monoisotopic (exact) mass is 260 g/mol. The standard InChI is InChI=1S/C13H16N4O2/c1-8(14)6-17-13-9(5-15-17)3-4-10-12(13)16-11(19-10)7-18-2/h3-5,8H,6-7,14H2,1-2H3/t8-/m0/s1. The van der Waals surface area contributed by atoms with E-state index in [1.54, 1.807) is 7.11 Å². The van der Waals surface area contributed by atoms with Crippen LogP contribution in [-0.4, -0.2) is 27.9 Å². The first-order chi connectivity index (χ1) is 9.19. The summed E-state index contributed by atoms with van der Waals surface area (Å²) in [7, 11) is 1.62. The smallest absolute Gasteiger partial charge is 0.221 e. The van der Waals surface area contributed by atoms with Gasteiger partial charge in [0.2, 0.25) is 5.89 Å². The molecular formula is C13H16N4O2. The molecule has 19 heavy (non-hydrogen) atoms. The van der Waals surface area contributed by atoms with Gasteiger partial charge in [0.05, 0.1) is 18.3 Å². The maximum atomic E-state index is 5.85. The molecule has 0 radical (unpaired) electrons. The molecule has 0 fully saturated rings. The van der Waals surface area contributed by atoms with Gasteiger partial charge < -0.3 is 14.9 Å². The van der Waals surface area contributed by atoms with Gasteiger partial charge in [-0.05, 0) is 19.1 Å². The predicted molar refractivity (Wildman–Crippen MR) is 71.7 cm³/mol. The highest BCUT2D eigenvalue weighted by atomic mass is 16.5. The first-order valence-electron chi connectivity index (χ1n) is 6.17. The minimum Gasteiger partial charge on any atom is -0.438 e. The molecule has 2 N–H and O–H groups in total. The third kappa shape index (κ3) is 2.09. The second kappa shape index (κ2) is 4.64. The minimum absolute atomic E-state index is 0.0312. The molecule has 0 aliphatic carbocycles. The molecule has 6 nitrogen and oxygen atoms in total. The SMILES string of the molecule is COCc1nc2c(ccc3cnn(C[C@H](C)N)c32)o1. The van der Waals surface area contributed by atoms with Gasteiger partial charge in [-0.25, -0.2) is 4.98 Å². The summed E-state index contributed by atoms with van der Waals surface area (Å²) in [6.45, 7) is 2.96. The highest BCUT2D eigenvalue weighted by molar-refractivity contribution is 6.00. The Balaban J connectivity index is 2.21. The zero-order valence-electron chi connectivity index (χ0n) is 11.0. The van der Waals surface area contributed by atoms with Crippen LogP contribution in [0.3, 0.4) is 0 Å². The van der Waals surface area contributed by atoms with E-state index in [1.165, 1.54) is 0 Å². The molecule has 0 aliphatic heterocycles. The van der Waals surface area contributed by atoms with Gasteiger partial charge in [-0.2, -0.15) is 5.10 Å². The average molecular weight is 260 g/mol. The van der Waals surface area contributed by atoms with Crippen LogP contribution in [-0.2, 0) is 17.9 Å². The van der Waals surface area contributed by atoms with Crippen molar-refractivity contribution in [2.45, 2.75) is 26.1 Å². The normalized spacial score (nSPS) is 13.4. The third-order valence-electron chi connectivity index (χ3n) is 2.93. The number of rotatable bonds is 4. The molecule has 0 saturated heterocycles. The van der Waals surface area contributed by atoms with Crippen LogP contribution in [0.25, 0.3) is 22.0 Å². The van der Waals surface area contributed by atoms with E-state index in [-0.39, 0.29) is 6.04 Å². The molecule has 0 bridgehead atoms. The Morgan fingerprint density at radius 2 is 2.32 bits per heavy atom. The molecule has 1 atom stereocenters. The van der Waals surface area contributed by atoms with Gasteiger partial charge in [0.15, 0.2) is 5.58 Å². The Kier molecular flexibility index (Phi) is 2.96. The predicted octanol–water partition coefficient (Wildman–Crippen LogP) is 1.67. The highest BCUT2D eigenvalue weighted by Gasteiger charge is 2.14. The molecule has 3 aromatic rings. The van der Waals surface area contributed by atoms with Crippen molar-refractivity contribution in [3.05, 3.63) is 24.2 Å². The van der Waals surface area contributed by atoms with Crippen LogP contribution in [0.15, 0.2) is 22.7 Å². The number of fused-ring (bicyclic) bond motifs is 3. The van der Waals surface area contributed by atoms with E-state index >= 15 is 0 Å². The molecule has 0 aliphatic rings. The number of ether oxygens (including phenoxy) is 1. The fourth-order valence-electron chi connectivity index (χ4n) is 2.20. The van der Waals surface area contributed by atoms with Crippen LogP contribution in [0.5, 0.6) is 0 Å². The van der Waals surface area contributed by atoms with Gasteiger partial charge in [0, 0.05) is 18.5 Å². The topological polar surface area (TPSA) is 79.1 Å². The lowest BCUT2D eigenvalue weighted by Gasteiger charge is -2.06. The molecule has 2 heterocycles. The zero-order chi connectivity index (χ0) is 13.4. The summed E-state index contributed by atoms with van der Waals surface area (Å²) in [5.41, 5.74) is 8.36. The third-order valence-corrected chi connectivity index (χ3v) is 2.93.